The van der Waals surface area contributed by atoms with E-state index in [4.69, 9.17) is 4.52 Å². The summed E-state index contributed by atoms with van der Waals surface area (Å²) < 4.78 is 6.96. The number of rotatable bonds is 3. The summed E-state index contributed by atoms with van der Waals surface area (Å²) in [6, 6.07) is 9.66. The highest BCUT2D eigenvalue weighted by atomic mass is 32.2. The summed E-state index contributed by atoms with van der Waals surface area (Å²) in [4.78, 5) is 21.9. The van der Waals surface area contributed by atoms with Gasteiger partial charge < -0.3 is 4.52 Å². The van der Waals surface area contributed by atoms with E-state index in [2.05, 4.69) is 15.1 Å². The van der Waals surface area contributed by atoms with Crippen molar-refractivity contribution in [1.29, 1.82) is 0 Å². The molecule has 6 nitrogen and oxygen atoms in total. The fourth-order valence-electron chi connectivity index (χ4n) is 3.09. The van der Waals surface area contributed by atoms with E-state index in [1.165, 1.54) is 11.8 Å². The van der Waals surface area contributed by atoms with Gasteiger partial charge in [0.25, 0.3) is 5.56 Å². The summed E-state index contributed by atoms with van der Waals surface area (Å²) in [7, 11) is 1.74. The molecule has 0 spiro atoms. The number of pyridine rings is 1. The summed E-state index contributed by atoms with van der Waals surface area (Å²) >= 11 is 1.45. The summed E-state index contributed by atoms with van der Waals surface area (Å²) in [6.45, 7) is 3.87. The molecule has 0 radical (unpaired) electrons. The van der Waals surface area contributed by atoms with Gasteiger partial charge in [0, 0.05) is 35.8 Å². The minimum Gasteiger partial charge on any atom is -0.356 e. The third-order valence-electron chi connectivity index (χ3n) is 4.55. The van der Waals surface area contributed by atoms with Crippen LogP contribution in [0.2, 0.25) is 0 Å². The maximum absolute atomic E-state index is 13.0. The highest BCUT2D eigenvalue weighted by molar-refractivity contribution is 7.98. The predicted molar refractivity (Wildman–Crippen MR) is 107 cm³/mol. The molecule has 3 heterocycles. The largest absolute Gasteiger partial charge is 0.356 e. The molecule has 0 aliphatic carbocycles. The fraction of sp³-hybridized carbons (Fsp3) is 0.200. The van der Waals surface area contributed by atoms with Crippen molar-refractivity contribution in [2.75, 3.05) is 6.26 Å². The van der Waals surface area contributed by atoms with Crippen LogP contribution in [0.15, 0.2) is 51.0 Å². The quantitative estimate of drug-likeness (QED) is 0.396. The number of hydrogen-bond acceptors (Lipinski definition) is 6. The number of fused-ring (bicyclic) bond motifs is 1. The first-order valence-corrected chi connectivity index (χ1v) is 9.66. The van der Waals surface area contributed by atoms with Crippen LogP contribution >= 0.6 is 11.8 Å². The van der Waals surface area contributed by atoms with Gasteiger partial charge in [-0.05, 0) is 43.4 Å². The number of benzene rings is 1. The average molecular weight is 378 g/mol. The van der Waals surface area contributed by atoms with Crippen molar-refractivity contribution in [2.45, 2.75) is 19.0 Å². The lowest BCUT2D eigenvalue weighted by atomic mass is 9.97. The van der Waals surface area contributed by atoms with E-state index in [1.807, 2.05) is 50.4 Å². The summed E-state index contributed by atoms with van der Waals surface area (Å²) in [6.07, 6.45) is 3.67. The summed E-state index contributed by atoms with van der Waals surface area (Å²) in [5.41, 5.74) is 4.71. The molecule has 136 valence electrons. The standard InChI is InChI=1S/C20H18N4O2S/c1-11-5-6-13(17-7-12(2)23-26-17)8-15(11)16-9-14-10-21-20(27-4)22-18(14)24(3)19(16)25/h5-10H,1-4H3. The molecule has 0 N–H and O–H groups in total. The Kier molecular flexibility index (Phi) is 4.31. The van der Waals surface area contributed by atoms with Crippen LogP contribution in [0.5, 0.6) is 0 Å². The Bertz CT molecular complexity index is 1230. The molecule has 1 aromatic carbocycles. The van der Waals surface area contributed by atoms with Crippen LogP contribution < -0.4 is 5.56 Å². The van der Waals surface area contributed by atoms with Gasteiger partial charge in [-0.15, -0.1) is 0 Å². The lowest BCUT2D eigenvalue weighted by Gasteiger charge is -2.11. The Balaban J connectivity index is 1.94. The van der Waals surface area contributed by atoms with Crippen molar-refractivity contribution in [3.8, 4) is 22.5 Å². The van der Waals surface area contributed by atoms with Gasteiger partial charge in [-0.3, -0.25) is 9.36 Å². The maximum Gasteiger partial charge on any atom is 0.259 e. The van der Waals surface area contributed by atoms with Gasteiger partial charge in [-0.1, -0.05) is 29.1 Å². The summed E-state index contributed by atoms with van der Waals surface area (Å²) in [5.74, 6) is 0.680. The molecule has 0 saturated heterocycles. The number of nitrogens with zero attached hydrogens (tertiary/aromatic N) is 4. The maximum atomic E-state index is 13.0. The first kappa shape index (κ1) is 17.5. The SMILES string of the molecule is CSc1ncc2cc(-c3cc(-c4cc(C)no4)ccc3C)c(=O)n(C)c2n1. The summed E-state index contributed by atoms with van der Waals surface area (Å²) in [5, 5.41) is 5.41. The number of aryl methyl sites for hydroxylation is 3. The van der Waals surface area contributed by atoms with E-state index < -0.39 is 0 Å². The first-order valence-electron chi connectivity index (χ1n) is 8.43. The Morgan fingerprint density at radius 3 is 2.63 bits per heavy atom. The lowest BCUT2D eigenvalue weighted by Crippen LogP contribution is -2.20. The van der Waals surface area contributed by atoms with Gasteiger partial charge in [0.1, 0.15) is 5.65 Å². The van der Waals surface area contributed by atoms with Crippen LogP contribution in [-0.4, -0.2) is 25.9 Å². The Morgan fingerprint density at radius 1 is 1.11 bits per heavy atom. The van der Waals surface area contributed by atoms with Crippen molar-refractivity contribution in [1.82, 2.24) is 19.7 Å². The second kappa shape index (κ2) is 6.66. The lowest BCUT2D eigenvalue weighted by molar-refractivity contribution is 0.427. The Labute approximate surface area is 160 Å². The molecule has 0 atom stereocenters. The van der Waals surface area contributed by atoms with Crippen molar-refractivity contribution >= 4 is 22.8 Å². The molecule has 27 heavy (non-hydrogen) atoms. The van der Waals surface area contributed by atoms with E-state index in [1.54, 1.807) is 17.8 Å². The smallest absolute Gasteiger partial charge is 0.259 e. The number of thioether (sulfide) groups is 1. The van der Waals surface area contributed by atoms with E-state index in [9.17, 15) is 4.79 Å². The van der Waals surface area contributed by atoms with Crippen LogP contribution in [0.4, 0.5) is 0 Å². The second-order valence-corrected chi connectivity index (χ2v) is 7.19. The third kappa shape index (κ3) is 3.04. The average Bonchev–Trinajstić information content (AvgIpc) is 3.11. The molecular weight excluding hydrogens is 360 g/mol. The van der Waals surface area contributed by atoms with Gasteiger partial charge in [0.15, 0.2) is 10.9 Å². The van der Waals surface area contributed by atoms with Crippen LogP contribution in [0.25, 0.3) is 33.5 Å². The normalized spacial score (nSPS) is 11.3. The Morgan fingerprint density at radius 2 is 1.93 bits per heavy atom. The van der Waals surface area contributed by atoms with Crippen molar-refractivity contribution in [3.05, 3.63) is 58.1 Å². The first-order chi connectivity index (χ1) is 13.0. The van der Waals surface area contributed by atoms with Crippen molar-refractivity contribution in [2.24, 2.45) is 7.05 Å². The van der Waals surface area contributed by atoms with Crippen LogP contribution in [0.1, 0.15) is 11.3 Å². The van der Waals surface area contributed by atoms with Gasteiger partial charge >= 0.3 is 0 Å². The molecule has 0 bridgehead atoms. The van der Waals surface area contributed by atoms with Gasteiger partial charge in [-0.2, -0.15) is 0 Å². The zero-order chi connectivity index (χ0) is 19.1. The molecule has 7 heteroatoms. The molecule has 0 fully saturated rings. The van der Waals surface area contributed by atoms with Crippen LogP contribution in [0.3, 0.4) is 0 Å². The highest BCUT2D eigenvalue weighted by Crippen LogP contribution is 2.29. The molecule has 4 rings (SSSR count). The third-order valence-corrected chi connectivity index (χ3v) is 5.11. The highest BCUT2D eigenvalue weighted by Gasteiger charge is 2.15. The van der Waals surface area contributed by atoms with Gasteiger partial charge in [0.05, 0.1) is 5.69 Å². The Hall–Kier alpha value is -2.93. The number of hydrogen-bond donors (Lipinski definition) is 0. The van der Waals surface area contributed by atoms with E-state index in [0.717, 1.165) is 27.8 Å². The van der Waals surface area contributed by atoms with Crippen LogP contribution in [-0.2, 0) is 7.05 Å². The predicted octanol–water partition coefficient (Wildman–Crippen LogP) is 3.99. The monoisotopic (exact) mass is 378 g/mol. The molecule has 4 aromatic rings. The zero-order valence-electron chi connectivity index (χ0n) is 15.5. The second-order valence-electron chi connectivity index (χ2n) is 6.42. The van der Waals surface area contributed by atoms with E-state index >= 15 is 0 Å². The van der Waals surface area contributed by atoms with E-state index in [-0.39, 0.29) is 5.56 Å². The van der Waals surface area contributed by atoms with Crippen molar-refractivity contribution in [3.63, 3.8) is 0 Å². The molecule has 3 aromatic heterocycles. The molecular formula is C20H18N4O2S. The molecule has 0 saturated carbocycles. The molecule has 0 amide bonds. The van der Waals surface area contributed by atoms with Crippen molar-refractivity contribution < 1.29 is 4.52 Å². The topological polar surface area (TPSA) is 73.8 Å². The van der Waals surface area contributed by atoms with E-state index in [0.29, 0.717) is 22.1 Å². The zero-order valence-corrected chi connectivity index (χ0v) is 16.3. The minimum absolute atomic E-state index is 0.0951. The fourth-order valence-corrected chi connectivity index (χ4v) is 3.42. The molecule has 0 unspecified atom stereocenters. The van der Waals surface area contributed by atoms with Gasteiger partial charge in [-0.25, -0.2) is 9.97 Å². The minimum atomic E-state index is -0.0951. The molecule has 0 aliphatic heterocycles. The molecule has 0 aliphatic rings. The van der Waals surface area contributed by atoms with Gasteiger partial charge in [0.2, 0.25) is 0 Å². The number of aromatic nitrogens is 4. The van der Waals surface area contributed by atoms with Crippen LogP contribution in [0, 0.1) is 13.8 Å².